The van der Waals surface area contributed by atoms with E-state index in [1.54, 1.807) is 6.92 Å². The summed E-state index contributed by atoms with van der Waals surface area (Å²) in [7, 11) is 0. The third-order valence-corrected chi connectivity index (χ3v) is 2.34. The van der Waals surface area contributed by atoms with Crippen molar-refractivity contribution in [2.45, 2.75) is 31.2 Å². The van der Waals surface area contributed by atoms with Crippen molar-refractivity contribution in [1.82, 2.24) is 15.4 Å². The molecule has 0 aromatic carbocycles. The molecule has 14 heavy (non-hydrogen) atoms. The SMILES string of the molecule is Cc1[nH]nnc1C1(N)CC(F)(F)C1.Cl. The van der Waals surface area contributed by atoms with Crippen LogP contribution in [0.3, 0.4) is 0 Å². The summed E-state index contributed by atoms with van der Waals surface area (Å²) in [6, 6.07) is 0. The second-order valence-corrected chi connectivity index (χ2v) is 3.65. The van der Waals surface area contributed by atoms with Crippen LogP contribution in [0.15, 0.2) is 0 Å². The smallest absolute Gasteiger partial charge is 0.252 e. The first-order valence-electron chi connectivity index (χ1n) is 3.98. The minimum Gasteiger partial charge on any atom is -0.320 e. The van der Waals surface area contributed by atoms with Crippen molar-refractivity contribution in [2.24, 2.45) is 5.73 Å². The van der Waals surface area contributed by atoms with Crippen molar-refractivity contribution in [1.29, 1.82) is 0 Å². The fourth-order valence-electron chi connectivity index (χ4n) is 1.79. The molecule has 0 amide bonds. The third kappa shape index (κ3) is 1.59. The highest BCUT2D eigenvalue weighted by Gasteiger charge is 2.57. The van der Waals surface area contributed by atoms with Gasteiger partial charge in [-0.25, -0.2) is 8.78 Å². The Labute approximate surface area is 85.7 Å². The van der Waals surface area contributed by atoms with E-state index in [2.05, 4.69) is 15.4 Å². The molecule has 0 bridgehead atoms. The molecule has 1 aliphatic carbocycles. The summed E-state index contributed by atoms with van der Waals surface area (Å²) in [6.07, 6.45) is -0.680. The van der Waals surface area contributed by atoms with Crippen LogP contribution in [-0.2, 0) is 5.54 Å². The molecule has 1 fully saturated rings. The molecule has 1 aromatic rings. The molecule has 1 saturated carbocycles. The quantitative estimate of drug-likeness (QED) is 0.751. The zero-order chi connectivity index (χ0) is 9.69. The Kier molecular flexibility index (Phi) is 2.53. The lowest BCUT2D eigenvalue weighted by Crippen LogP contribution is -2.56. The Morgan fingerprint density at radius 2 is 2.00 bits per heavy atom. The maximum absolute atomic E-state index is 12.6. The van der Waals surface area contributed by atoms with Crippen LogP contribution in [0.2, 0.25) is 0 Å². The number of aromatic amines is 1. The fourth-order valence-corrected chi connectivity index (χ4v) is 1.79. The summed E-state index contributed by atoms with van der Waals surface area (Å²) < 4.78 is 25.2. The lowest BCUT2D eigenvalue weighted by atomic mass is 9.71. The van der Waals surface area contributed by atoms with Crippen LogP contribution < -0.4 is 5.73 Å². The van der Waals surface area contributed by atoms with Crippen LogP contribution in [-0.4, -0.2) is 21.3 Å². The van der Waals surface area contributed by atoms with E-state index in [-0.39, 0.29) is 25.2 Å². The number of nitrogens with zero attached hydrogens (tertiary/aromatic N) is 2. The zero-order valence-electron chi connectivity index (χ0n) is 7.55. The summed E-state index contributed by atoms with van der Waals surface area (Å²) in [5.74, 6) is -2.64. The van der Waals surface area contributed by atoms with Gasteiger partial charge < -0.3 is 5.73 Å². The Hall–Kier alpha value is -0.750. The Balaban J connectivity index is 0.000000980. The number of aromatic nitrogens is 3. The van der Waals surface area contributed by atoms with Crippen molar-refractivity contribution in [3.8, 4) is 0 Å². The molecule has 0 unspecified atom stereocenters. The molecule has 1 aromatic heterocycles. The van der Waals surface area contributed by atoms with Gasteiger partial charge >= 0.3 is 0 Å². The van der Waals surface area contributed by atoms with E-state index in [0.717, 1.165) is 0 Å². The fraction of sp³-hybridized carbons (Fsp3) is 0.714. The van der Waals surface area contributed by atoms with E-state index < -0.39 is 11.5 Å². The standard InChI is InChI=1S/C7H10F2N4.ClH/c1-4-5(12-13-11-4)6(10)2-7(8,9)3-6;/h2-3,10H2,1H3,(H,11,12,13);1H. The zero-order valence-corrected chi connectivity index (χ0v) is 8.37. The molecule has 1 aliphatic rings. The molecule has 0 aliphatic heterocycles. The largest absolute Gasteiger partial charge is 0.320 e. The molecule has 1 heterocycles. The van der Waals surface area contributed by atoms with Crippen LogP contribution in [0.5, 0.6) is 0 Å². The van der Waals surface area contributed by atoms with Gasteiger partial charge in [0, 0.05) is 12.8 Å². The number of nitrogens with one attached hydrogen (secondary N) is 1. The molecule has 2 rings (SSSR count). The summed E-state index contributed by atoms with van der Waals surface area (Å²) in [4.78, 5) is 0. The van der Waals surface area contributed by atoms with Gasteiger partial charge in [0.05, 0.1) is 11.2 Å². The van der Waals surface area contributed by atoms with Gasteiger partial charge in [0.2, 0.25) is 0 Å². The molecule has 4 nitrogen and oxygen atoms in total. The predicted octanol–water partition coefficient (Wildman–Crippen LogP) is 1.12. The number of hydrogen-bond donors (Lipinski definition) is 2. The number of aryl methyl sites for hydroxylation is 1. The van der Waals surface area contributed by atoms with Gasteiger partial charge in [-0.05, 0) is 6.92 Å². The molecule has 7 heteroatoms. The summed E-state index contributed by atoms with van der Waals surface area (Å²) in [5.41, 5.74) is 5.88. The first-order chi connectivity index (χ1) is 5.93. The van der Waals surface area contributed by atoms with E-state index in [1.807, 2.05) is 0 Å². The lowest BCUT2D eigenvalue weighted by molar-refractivity contribution is -0.126. The van der Waals surface area contributed by atoms with Gasteiger partial charge in [-0.1, -0.05) is 5.21 Å². The number of nitrogens with two attached hydrogens (primary N) is 1. The van der Waals surface area contributed by atoms with E-state index >= 15 is 0 Å². The van der Waals surface area contributed by atoms with Crippen molar-refractivity contribution in [2.75, 3.05) is 0 Å². The summed E-state index contributed by atoms with van der Waals surface area (Å²) in [5, 5.41) is 9.81. The maximum Gasteiger partial charge on any atom is 0.252 e. The number of halogens is 3. The highest BCUT2D eigenvalue weighted by molar-refractivity contribution is 5.85. The number of hydrogen-bond acceptors (Lipinski definition) is 3. The van der Waals surface area contributed by atoms with E-state index in [9.17, 15) is 8.78 Å². The van der Waals surface area contributed by atoms with Gasteiger partial charge in [0.15, 0.2) is 0 Å². The molecule has 3 N–H and O–H groups in total. The lowest BCUT2D eigenvalue weighted by Gasteiger charge is -2.43. The molecular formula is C7H11ClF2N4. The minimum absolute atomic E-state index is 0. The highest BCUT2D eigenvalue weighted by atomic mass is 35.5. The summed E-state index contributed by atoms with van der Waals surface area (Å²) in [6.45, 7) is 1.72. The first-order valence-corrected chi connectivity index (χ1v) is 3.98. The molecule has 0 radical (unpaired) electrons. The summed E-state index contributed by atoms with van der Waals surface area (Å²) >= 11 is 0. The normalized spacial score (nSPS) is 22.3. The van der Waals surface area contributed by atoms with Crippen LogP contribution in [0, 0.1) is 6.92 Å². The number of alkyl halides is 2. The van der Waals surface area contributed by atoms with Crippen molar-refractivity contribution < 1.29 is 8.78 Å². The second-order valence-electron chi connectivity index (χ2n) is 3.65. The Morgan fingerprint density at radius 3 is 2.36 bits per heavy atom. The van der Waals surface area contributed by atoms with Crippen LogP contribution in [0.25, 0.3) is 0 Å². The first kappa shape index (κ1) is 11.3. The third-order valence-electron chi connectivity index (χ3n) is 2.34. The highest BCUT2D eigenvalue weighted by Crippen LogP contribution is 2.49. The topological polar surface area (TPSA) is 67.6 Å². The van der Waals surface area contributed by atoms with Gasteiger partial charge in [0.25, 0.3) is 5.92 Å². The van der Waals surface area contributed by atoms with Gasteiger partial charge in [-0.15, -0.1) is 17.5 Å². The predicted molar refractivity (Wildman–Crippen MR) is 48.4 cm³/mol. The molecule has 0 saturated heterocycles. The molecule has 80 valence electrons. The van der Waals surface area contributed by atoms with Crippen molar-refractivity contribution in [3.63, 3.8) is 0 Å². The van der Waals surface area contributed by atoms with Gasteiger partial charge in [-0.3, -0.25) is 5.10 Å². The minimum atomic E-state index is -2.64. The molecular weight excluding hydrogens is 214 g/mol. The van der Waals surface area contributed by atoms with E-state index in [4.69, 9.17) is 5.73 Å². The Bertz CT molecular complexity index is 330. The number of H-pyrrole nitrogens is 1. The van der Waals surface area contributed by atoms with Crippen molar-refractivity contribution >= 4 is 12.4 Å². The van der Waals surface area contributed by atoms with Crippen LogP contribution in [0.1, 0.15) is 24.2 Å². The average molecular weight is 225 g/mol. The maximum atomic E-state index is 12.6. The molecule has 0 spiro atoms. The van der Waals surface area contributed by atoms with Gasteiger partial charge in [0.1, 0.15) is 5.69 Å². The monoisotopic (exact) mass is 224 g/mol. The van der Waals surface area contributed by atoms with Gasteiger partial charge in [-0.2, -0.15) is 0 Å². The second kappa shape index (κ2) is 3.13. The van der Waals surface area contributed by atoms with E-state index in [0.29, 0.717) is 11.4 Å². The van der Waals surface area contributed by atoms with Crippen LogP contribution in [0.4, 0.5) is 8.78 Å². The van der Waals surface area contributed by atoms with Crippen molar-refractivity contribution in [3.05, 3.63) is 11.4 Å². The van der Waals surface area contributed by atoms with Crippen LogP contribution >= 0.6 is 12.4 Å². The van der Waals surface area contributed by atoms with E-state index in [1.165, 1.54) is 0 Å². The number of rotatable bonds is 1. The molecule has 0 atom stereocenters. The average Bonchev–Trinajstić information content (AvgIpc) is 2.30. The Morgan fingerprint density at radius 1 is 1.43 bits per heavy atom.